The highest BCUT2D eigenvalue weighted by Gasteiger charge is 2.34. The maximum Gasteiger partial charge on any atom is 0.409 e. The van der Waals surface area contributed by atoms with Crippen molar-refractivity contribution in [3.63, 3.8) is 0 Å². The van der Waals surface area contributed by atoms with Gasteiger partial charge in [0, 0.05) is 12.5 Å². The average molecular weight is 214 g/mol. The number of ether oxygens (including phenoxy) is 1. The summed E-state index contributed by atoms with van der Waals surface area (Å²) in [6.45, 7) is 2.23. The number of nitrogens with zero attached hydrogens (tertiary/aromatic N) is 1. The van der Waals surface area contributed by atoms with Crippen molar-refractivity contribution in [1.29, 1.82) is 0 Å². The summed E-state index contributed by atoms with van der Waals surface area (Å²) in [4.78, 5) is 34.5. The van der Waals surface area contributed by atoms with Crippen LogP contribution in [0.25, 0.3) is 0 Å². The van der Waals surface area contributed by atoms with Gasteiger partial charge in [-0.1, -0.05) is 6.92 Å². The Kier molecular flexibility index (Phi) is 3.65. The highest BCUT2D eigenvalue weighted by molar-refractivity contribution is 5.90. The molecule has 1 fully saturated rings. The molecule has 2 atom stereocenters. The van der Waals surface area contributed by atoms with Crippen LogP contribution in [0.3, 0.4) is 0 Å². The van der Waals surface area contributed by atoms with Crippen LogP contribution in [-0.4, -0.2) is 49.4 Å². The van der Waals surface area contributed by atoms with E-state index < -0.39 is 12.1 Å². The standard InChI is InChI=1S/C9H14N2O4/c1-6-3-11(9(14)15-2)4-7(8(6)13)10-5-12/h5-7H,3-4H2,1-2H3,(H,10,12). The van der Waals surface area contributed by atoms with Crippen LogP contribution in [0.2, 0.25) is 0 Å². The van der Waals surface area contributed by atoms with Crippen molar-refractivity contribution in [1.82, 2.24) is 10.2 Å². The van der Waals surface area contributed by atoms with Gasteiger partial charge in [0.2, 0.25) is 6.41 Å². The van der Waals surface area contributed by atoms with E-state index in [0.29, 0.717) is 13.0 Å². The fourth-order valence-electron chi connectivity index (χ4n) is 1.64. The molecule has 84 valence electrons. The van der Waals surface area contributed by atoms with Gasteiger partial charge in [-0.2, -0.15) is 0 Å². The van der Waals surface area contributed by atoms with Crippen LogP contribution in [0.15, 0.2) is 0 Å². The Balaban J connectivity index is 2.70. The van der Waals surface area contributed by atoms with E-state index in [1.54, 1.807) is 6.92 Å². The van der Waals surface area contributed by atoms with E-state index in [-0.39, 0.29) is 18.2 Å². The number of hydrogen-bond donors (Lipinski definition) is 1. The molecule has 2 unspecified atom stereocenters. The third-order valence-corrected chi connectivity index (χ3v) is 2.43. The topological polar surface area (TPSA) is 75.7 Å². The lowest BCUT2D eigenvalue weighted by Crippen LogP contribution is -2.56. The summed E-state index contributed by atoms with van der Waals surface area (Å²) in [5.41, 5.74) is 0. The second kappa shape index (κ2) is 4.77. The first-order valence-corrected chi connectivity index (χ1v) is 4.66. The number of ketones is 1. The average Bonchev–Trinajstić information content (AvgIpc) is 2.23. The minimum absolute atomic E-state index is 0.0535. The van der Waals surface area contributed by atoms with E-state index >= 15 is 0 Å². The Labute approximate surface area is 87.6 Å². The summed E-state index contributed by atoms with van der Waals surface area (Å²) in [6, 6.07) is -0.620. The molecule has 0 aromatic carbocycles. The molecule has 1 rings (SSSR count). The SMILES string of the molecule is COC(=O)N1CC(C)C(=O)C(NC=O)C1. The van der Waals surface area contributed by atoms with Crippen molar-refractivity contribution in [2.24, 2.45) is 5.92 Å². The van der Waals surface area contributed by atoms with Crippen molar-refractivity contribution in [2.75, 3.05) is 20.2 Å². The third kappa shape index (κ3) is 2.45. The van der Waals surface area contributed by atoms with E-state index in [1.165, 1.54) is 12.0 Å². The Hall–Kier alpha value is -1.59. The van der Waals surface area contributed by atoms with Crippen molar-refractivity contribution in [3.05, 3.63) is 0 Å². The maximum atomic E-state index is 11.6. The minimum atomic E-state index is -0.620. The predicted octanol–water partition coefficient (Wildman–Crippen LogP) is -0.612. The molecule has 0 spiro atoms. The smallest absolute Gasteiger partial charge is 0.409 e. The number of nitrogens with one attached hydrogen (secondary N) is 1. The summed E-state index contributed by atoms with van der Waals surface area (Å²) in [6.07, 6.45) is -0.0113. The molecular weight excluding hydrogens is 200 g/mol. The molecular formula is C9H14N2O4. The summed E-state index contributed by atoms with van der Waals surface area (Å²) in [5.74, 6) is -0.336. The molecule has 0 saturated carbocycles. The normalized spacial score (nSPS) is 26.0. The predicted molar refractivity (Wildman–Crippen MR) is 51.1 cm³/mol. The lowest BCUT2D eigenvalue weighted by Gasteiger charge is -2.33. The first-order valence-electron chi connectivity index (χ1n) is 4.66. The number of rotatable bonds is 2. The van der Waals surface area contributed by atoms with E-state index in [2.05, 4.69) is 10.1 Å². The zero-order valence-corrected chi connectivity index (χ0v) is 8.73. The Bertz CT molecular complexity index is 279. The molecule has 0 radical (unpaired) electrons. The third-order valence-electron chi connectivity index (χ3n) is 2.43. The Morgan fingerprint density at radius 2 is 2.27 bits per heavy atom. The number of methoxy groups -OCH3 is 1. The molecule has 1 aliphatic heterocycles. The van der Waals surface area contributed by atoms with E-state index in [9.17, 15) is 14.4 Å². The van der Waals surface area contributed by atoms with E-state index in [0.717, 1.165) is 0 Å². The molecule has 0 bridgehead atoms. The second-order valence-corrected chi connectivity index (χ2v) is 3.52. The van der Waals surface area contributed by atoms with Crippen molar-refractivity contribution in [2.45, 2.75) is 13.0 Å². The van der Waals surface area contributed by atoms with Gasteiger partial charge in [0.05, 0.1) is 13.7 Å². The van der Waals surface area contributed by atoms with Gasteiger partial charge < -0.3 is 15.0 Å². The summed E-state index contributed by atoms with van der Waals surface area (Å²) in [7, 11) is 1.28. The first-order chi connectivity index (χ1) is 7.10. The molecule has 1 aliphatic rings. The van der Waals surface area contributed by atoms with Crippen molar-refractivity contribution >= 4 is 18.3 Å². The second-order valence-electron chi connectivity index (χ2n) is 3.52. The van der Waals surface area contributed by atoms with Gasteiger partial charge in [0.1, 0.15) is 6.04 Å². The lowest BCUT2D eigenvalue weighted by atomic mass is 9.95. The molecule has 1 heterocycles. The van der Waals surface area contributed by atoms with Crippen molar-refractivity contribution < 1.29 is 19.1 Å². The highest BCUT2D eigenvalue weighted by atomic mass is 16.5. The number of Topliss-reactive ketones (excluding diaryl/α,β-unsaturated/α-hetero) is 1. The number of piperidine rings is 1. The molecule has 2 amide bonds. The molecule has 1 saturated heterocycles. The monoisotopic (exact) mass is 214 g/mol. The fourth-order valence-corrected chi connectivity index (χ4v) is 1.64. The lowest BCUT2D eigenvalue weighted by molar-refractivity contribution is -0.129. The number of carbonyl (C=O) groups is 3. The van der Waals surface area contributed by atoms with Gasteiger partial charge in [-0.3, -0.25) is 9.59 Å². The quantitative estimate of drug-likeness (QED) is 0.622. The van der Waals surface area contributed by atoms with Gasteiger partial charge in [0.15, 0.2) is 5.78 Å². The summed E-state index contributed by atoms with van der Waals surface area (Å²) in [5, 5.41) is 2.39. The molecule has 6 nitrogen and oxygen atoms in total. The van der Waals surface area contributed by atoms with E-state index in [4.69, 9.17) is 0 Å². The fraction of sp³-hybridized carbons (Fsp3) is 0.667. The van der Waals surface area contributed by atoms with Gasteiger partial charge in [-0.05, 0) is 0 Å². The molecule has 15 heavy (non-hydrogen) atoms. The summed E-state index contributed by atoms with van der Waals surface area (Å²) >= 11 is 0. The van der Waals surface area contributed by atoms with Crippen LogP contribution >= 0.6 is 0 Å². The minimum Gasteiger partial charge on any atom is -0.453 e. The van der Waals surface area contributed by atoms with Crippen LogP contribution in [0.4, 0.5) is 4.79 Å². The zero-order chi connectivity index (χ0) is 11.4. The number of carbonyl (C=O) groups excluding carboxylic acids is 3. The number of likely N-dealkylation sites (tertiary alicyclic amines) is 1. The largest absolute Gasteiger partial charge is 0.453 e. The van der Waals surface area contributed by atoms with Crippen LogP contribution in [0, 0.1) is 5.92 Å². The van der Waals surface area contributed by atoms with Gasteiger partial charge in [-0.15, -0.1) is 0 Å². The van der Waals surface area contributed by atoms with Gasteiger partial charge >= 0.3 is 6.09 Å². The molecule has 0 aromatic rings. The van der Waals surface area contributed by atoms with Crippen molar-refractivity contribution in [3.8, 4) is 0 Å². The molecule has 6 heteroatoms. The molecule has 0 aromatic heterocycles. The first kappa shape index (κ1) is 11.5. The molecule has 1 N–H and O–H groups in total. The van der Waals surface area contributed by atoms with Crippen LogP contribution in [0.5, 0.6) is 0 Å². The highest BCUT2D eigenvalue weighted by Crippen LogP contribution is 2.13. The maximum absolute atomic E-state index is 11.6. The number of hydrogen-bond acceptors (Lipinski definition) is 4. The summed E-state index contributed by atoms with van der Waals surface area (Å²) < 4.78 is 4.56. The zero-order valence-electron chi connectivity index (χ0n) is 8.73. The Morgan fingerprint density at radius 1 is 1.60 bits per heavy atom. The van der Waals surface area contributed by atoms with Crippen LogP contribution < -0.4 is 5.32 Å². The number of amides is 2. The van der Waals surface area contributed by atoms with Gasteiger partial charge in [0.25, 0.3) is 0 Å². The van der Waals surface area contributed by atoms with Crippen LogP contribution in [0.1, 0.15) is 6.92 Å². The van der Waals surface area contributed by atoms with E-state index in [1.807, 2.05) is 0 Å². The van der Waals surface area contributed by atoms with Gasteiger partial charge in [-0.25, -0.2) is 4.79 Å². The molecule has 0 aliphatic carbocycles. The Morgan fingerprint density at radius 3 is 2.80 bits per heavy atom. The van der Waals surface area contributed by atoms with Crippen LogP contribution in [-0.2, 0) is 14.3 Å².